The molecule has 6 aromatic rings. The molecule has 0 unspecified atom stereocenters. The molecule has 6 fully saturated rings. The third-order valence-electron chi connectivity index (χ3n) is 27.3. The Kier molecular flexibility index (Phi) is 35.6. The smallest absolute Gasteiger partial charge is 0.307 e. The van der Waals surface area contributed by atoms with Crippen LogP contribution in [0.15, 0.2) is 54.6 Å². The summed E-state index contributed by atoms with van der Waals surface area (Å²) in [6.45, 7) is 16.1. The van der Waals surface area contributed by atoms with Crippen LogP contribution in [0.1, 0.15) is 215 Å². The summed E-state index contributed by atoms with van der Waals surface area (Å²) in [4.78, 5) is 151. The summed E-state index contributed by atoms with van der Waals surface area (Å²) in [6.07, 6.45) is 20.2. The molecule has 3 saturated carbocycles. The Balaban J connectivity index is 0.000000199. The summed E-state index contributed by atoms with van der Waals surface area (Å²) in [6, 6.07) is 12.8. The van der Waals surface area contributed by atoms with Crippen molar-refractivity contribution in [3.63, 3.8) is 0 Å². The number of alkyl halides is 3. The third-order valence-corrected chi connectivity index (χ3v) is 27.3. The van der Waals surface area contributed by atoms with Gasteiger partial charge >= 0.3 is 17.9 Å². The number of carbonyl (C=O) groups excluding carboxylic acids is 9. The molecule has 6 bridgehead atoms. The average molecular weight is 1900 g/mol. The van der Waals surface area contributed by atoms with Crippen LogP contribution >= 0.6 is 0 Å². The summed E-state index contributed by atoms with van der Waals surface area (Å²) in [5, 5.41) is 0. The van der Waals surface area contributed by atoms with Crippen molar-refractivity contribution in [1.82, 2.24) is 44.6 Å². The maximum absolute atomic E-state index is 14.6. The predicted molar refractivity (Wildman–Crippen MR) is 461 cm³/mol. The molecule has 6 aliphatic heterocycles. The number of halogens is 3. The van der Waals surface area contributed by atoms with Gasteiger partial charge in [-0.15, -0.1) is 0 Å². The predicted octanol–water partition coefficient (Wildman–Crippen LogP) is 14.3. The van der Waals surface area contributed by atoms with E-state index in [0.717, 1.165) is 109 Å². The van der Waals surface area contributed by atoms with E-state index in [2.05, 4.69) is 0 Å². The third kappa shape index (κ3) is 24.5. The molecule has 129 heavy (non-hydrogen) atoms. The van der Waals surface area contributed by atoms with Gasteiger partial charge < -0.3 is 71.7 Å². The van der Waals surface area contributed by atoms with E-state index in [1.165, 1.54) is 14.7 Å². The van der Waals surface area contributed by atoms with Crippen molar-refractivity contribution in [3.05, 3.63) is 71.7 Å². The number of aromatic nitrogens is 6. The van der Waals surface area contributed by atoms with Crippen LogP contribution in [-0.4, -0.2) is 214 Å². The van der Waals surface area contributed by atoms with Gasteiger partial charge in [0.2, 0.25) is 35.4 Å². The molecule has 3 aromatic carbocycles. The Labute approximate surface area is 789 Å². The quantitative estimate of drug-likeness (QED) is 0.0737. The van der Waals surface area contributed by atoms with Crippen LogP contribution in [0.5, 0.6) is 34.9 Å². The van der Waals surface area contributed by atoms with Crippen LogP contribution in [0.4, 0.5) is 13.2 Å². The minimum Gasteiger partial charge on any atom is -0.540 e. The number of rotatable bonds is 9. The van der Waals surface area contributed by atoms with Gasteiger partial charge in [-0.05, 0) is 161 Å². The Hall–Kier alpha value is -8.15. The summed E-state index contributed by atoms with van der Waals surface area (Å²) < 4.78 is 96.4. The van der Waals surface area contributed by atoms with Crippen molar-refractivity contribution in [2.75, 3.05) is 61.0 Å². The van der Waals surface area contributed by atoms with Crippen LogP contribution in [0.2, 0.25) is 0 Å². The zero-order chi connectivity index (χ0) is 90.3. The van der Waals surface area contributed by atoms with Crippen molar-refractivity contribution in [2.45, 2.75) is 271 Å². The maximum Gasteiger partial charge on any atom is 0.307 e. The normalized spacial score (nSPS) is 29.1. The number of ether oxygens (including phenoxy) is 9. The number of hydrogen-bond donors (Lipinski definition) is 0. The molecular formula is C96H123F3N9O18V3-3. The standard InChI is InChI=1S/C33H43FN3O6.C32H41FN3O6.C31H39FN3O6.3V/c1-33(2,3)23-16-30(39)42-28-12-8-10-20(28)9-6-5-7-11-25-31(36-26-15-21(41-4)13-14-24(26)35-25)43-29-18-37(32(23)40)27(19-38)22(29)17-34;1-31(2,3)22-14-28(38)42-32(4)15-19(32)9-7-6-8-10-24-29(35-25-13-20(40-5)11-12-23(25)34-24)41-27-17-36(30(22)39)26(18-37)21(27)16-33;1-31(2,3)21-14-28(37)40-26-12-18(26)8-6-5-7-9-23-29(34-24-13-19(39-4)10-11-22(24)33-23)41-27-16-35(30(21)38)25(17-36)20(27)15-32;;;/h13-15,20,22-23,27-29H,5-12,16-18H2,1-4H3;11-13,19,21-22,26-27H,6-10,14-17H2,1-5H3;10-11,13,18,20-21,25-27H,5-9,12,14-16H2,1-4H3;;;/q3*-1;;;/t20-,22+,23-,27-,28-,29+;19-,21+,22-,26-,27+,32-;18-,20+,21-,25-,26-,27+;;;/m111.../s1. The van der Waals surface area contributed by atoms with E-state index < -0.39 is 149 Å². The second-order valence-electron chi connectivity index (χ2n) is 39.2. The van der Waals surface area contributed by atoms with Crippen LogP contribution < -0.4 is 28.4 Å². The van der Waals surface area contributed by atoms with Crippen molar-refractivity contribution < 1.29 is 155 Å². The molecule has 699 valence electrons. The number of carbonyl (C=O) groups is 6. The Morgan fingerprint density at radius 1 is 0.403 bits per heavy atom. The van der Waals surface area contributed by atoms with Gasteiger partial charge in [0.05, 0.1) is 131 Å². The second kappa shape index (κ2) is 44.6. The first-order valence-electron chi connectivity index (χ1n) is 45.1. The number of hydrogen-bond acceptors (Lipinski definition) is 24. The summed E-state index contributed by atoms with van der Waals surface area (Å²) in [5.74, 6) is -3.99. The van der Waals surface area contributed by atoms with E-state index in [4.69, 9.17) is 72.5 Å². The number of nitrogens with zero attached hydrogens (tertiary/aromatic N) is 9. The number of aryl methyl sites for hydroxylation is 3. The molecule has 9 aliphatic rings. The van der Waals surface area contributed by atoms with E-state index >= 15 is 0 Å². The first kappa shape index (κ1) is 103. The van der Waals surface area contributed by atoms with Gasteiger partial charge in [0, 0.05) is 97.5 Å². The van der Waals surface area contributed by atoms with Gasteiger partial charge in [-0.3, -0.25) is 41.9 Å². The van der Waals surface area contributed by atoms with Gasteiger partial charge in [-0.1, -0.05) is 119 Å². The van der Waals surface area contributed by atoms with Gasteiger partial charge in [-0.2, -0.15) is 0 Å². The van der Waals surface area contributed by atoms with E-state index in [0.29, 0.717) is 98.5 Å². The zero-order valence-corrected chi connectivity index (χ0v) is 80.6. The molecule has 3 amide bonds. The topological polar surface area (TPSA) is 324 Å². The van der Waals surface area contributed by atoms with Crippen molar-refractivity contribution in [1.29, 1.82) is 0 Å². The van der Waals surface area contributed by atoms with Crippen LogP contribution in [0.3, 0.4) is 0 Å². The Bertz CT molecular complexity index is 4950. The minimum absolute atomic E-state index is 0. The maximum atomic E-state index is 14.6. The zero-order valence-electron chi connectivity index (χ0n) is 76.4. The van der Waals surface area contributed by atoms with E-state index in [1.807, 2.05) is 124 Å². The molecular weight excluding hydrogens is 1780 g/mol. The fourth-order valence-electron chi connectivity index (χ4n) is 19.3. The van der Waals surface area contributed by atoms with Gasteiger partial charge in [0.15, 0.2) is 0 Å². The first-order valence-corrected chi connectivity index (χ1v) is 45.1. The Morgan fingerprint density at radius 2 is 0.736 bits per heavy atom. The number of amides is 3. The van der Waals surface area contributed by atoms with Gasteiger partial charge in [0.25, 0.3) is 0 Å². The monoisotopic (exact) mass is 1900 g/mol. The van der Waals surface area contributed by atoms with Gasteiger partial charge in [0.1, 0.15) is 70.5 Å². The number of esters is 3. The molecule has 18 atom stereocenters. The van der Waals surface area contributed by atoms with Crippen molar-refractivity contribution in [2.24, 2.45) is 69.5 Å². The van der Waals surface area contributed by atoms with E-state index in [1.54, 1.807) is 39.5 Å². The molecule has 9 heterocycles. The average Bonchev–Trinajstić information content (AvgIpc) is 1.64. The molecule has 15 rings (SSSR count). The summed E-state index contributed by atoms with van der Waals surface area (Å²) in [7, 11) is 4.71. The molecule has 33 heteroatoms. The van der Waals surface area contributed by atoms with Crippen LogP contribution in [0.25, 0.3) is 33.1 Å². The number of benzene rings is 3. The van der Waals surface area contributed by atoms with Crippen LogP contribution in [0, 0.1) is 69.5 Å². The number of fused-ring (bicyclic) bond motifs is 15. The fourth-order valence-corrected chi connectivity index (χ4v) is 19.3. The minimum atomic E-state index is -1.15. The van der Waals surface area contributed by atoms with Crippen molar-refractivity contribution >= 4 is 87.6 Å². The van der Waals surface area contributed by atoms with Crippen LogP contribution in [-0.2, 0) is 132 Å². The molecule has 0 spiro atoms. The molecule has 3 aliphatic carbocycles. The summed E-state index contributed by atoms with van der Waals surface area (Å²) in [5.41, 5.74) is 3.39. The number of methoxy groups -OCH3 is 3. The SMILES string of the molecule is COc1ccc2nc3c(nc2c1)O[C@H]1CN(C(=O)[C@H](C(C)(C)C)CC(=O)O[C@@H]2CCC[C@H]2CCCCC3)[C@H]([C-]=O)[C@@H]1CF.COc1ccc2nc3c(nc2c1)O[C@H]1CN(C(=O)[C@H](C(C)(C)C)CC(=O)O[C@@H]2C[C@H]2CCCCC3)[C@H]([C-]=O)[C@@H]1CF.COc1ccc2nc3c(nc2c1)O[C@H]1CN(C(=O)[C@H](C(C)(C)C)CC(=O)O[C@]2(C)C[C@H]2CCCCC3)[C@H]([C-]=O)[C@@H]1CF.[V].[V].[V]. The van der Waals surface area contributed by atoms with E-state index in [9.17, 15) is 56.3 Å². The van der Waals surface area contributed by atoms with Crippen molar-refractivity contribution in [3.8, 4) is 34.9 Å². The molecule has 3 saturated heterocycles. The largest absolute Gasteiger partial charge is 0.540 e. The second-order valence-corrected chi connectivity index (χ2v) is 39.2. The first-order chi connectivity index (χ1) is 60.2. The fraction of sp³-hybridized carbons (Fsp3) is 0.656. The molecule has 3 aromatic heterocycles. The van der Waals surface area contributed by atoms with Gasteiger partial charge in [-0.25, -0.2) is 48.8 Å². The molecule has 27 nitrogen and oxygen atoms in total. The summed E-state index contributed by atoms with van der Waals surface area (Å²) >= 11 is 0. The molecule has 0 N–H and O–H groups in total. The Morgan fingerprint density at radius 3 is 1.08 bits per heavy atom. The van der Waals surface area contributed by atoms with E-state index in [-0.39, 0.29) is 130 Å². The molecule has 3 radical (unpaired) electrons.